The standard InChI is InChI=1S/C21H20N4OS/c1-26-16-7-8-19-15(9-16)10-20(27-19)18-11-21(25-13-24-18)23-12-17(22)14-5-3-2-4-6-14/h2-11,13,17H,12,22H2,1H3,(H,23,24,25)/t17-/m0/s1. The van der Waals surface area contributed by atoms with E-state index in [-0.39, 0.29) is 6.04 Å². The molecule has 5 nitrogen and oxygen atoms in total. The van der Waals surface area contributed by atoms with Crippen molar-refractivity contribution in [2.45, 2.75) is 6.04 Å². The number of hydrogen-bond donors (Lipinski definition) is 2. The zero-order chi connectivity index (χ0) is 18.6. The lowest BCUT2D eigenvalue weighted by Crippen LogP contribution is -2.20. The van der Waals surface area contributed by atoms with Crippen LogP contribution in [0.3, 0.4) is 0 Å². The van der Waals surface area contributed by atoms with Gasteiger partial charge in [-0.3, -0.25) is 0 Å². The maximum Gasteiger partial charge on any atom is 0.130 e. The highest BCUT2D eigenvalue weighted by Gasteiger charge is 2.09. The molecular weight excluding hydrogens is 356 g/mol. The Bertz CT molecular complexity index is 1050. The lowest BCUT2D eigenvalue weighted by Gasteiger charge is -2.13. The molecular formula is C21H20N4OS. The number of methoxy groups -OCH3 is 1. The number of ether oxygens (including phenoxy) is 1. The lowest BCUT2D eigenvalue weighted by molar-refractivity contribution is 0.415. The van der Waals surface area contributed by atoms with Crippen LogP contribution in [0.15, 0.2) is 67.0 Å². The van der Waals surface area contributed by atoms with Crippen molar-refractivity contribution >= 4 is 27.2 Å². The van der Waals surface area contributed by atoms with Crippen molar-refractivity contribution < 1.29 is 4.74 Å². The molecule has 2 aromatic carbocycles. The maximum absolute atomic E-state index is 6.25. The Hall–Kier alpha value is -2.96. The third-order valence-electron chi connectivity index (χ3n) is 4.37. The molecule has 27 heavy (non-hydrogen) atoms. The van der Waals surface area contributed by atoms with Crippen molar-refractivity contribution in [3.63, 3.8) is 0 Å². The molecule has 3 N–H and O–H groups in total. The molecule has 4 rings (SSSR count). The minimum Gasteiger partial charge on any atom is -0.497 e. The van der Waals surface area contributed by atoms with Crippen molar-refractivity contribution in [1.82, 2.24) is 9.97 Å². The molecule has 4 aromatic rings. The summed E-state index contributed by atoms with van der Waals surface area (Å²) in [7, 11) is 1.68. The van der Waals surface area contributed by atoms with E-state index in [1.54, 1.807) is 24.8 Å². The zero-order valence-electron chi connectivity index (χ0n) is 14.9. The average Bonchev–Trinajstić information content (AvgIpc) is 3.16. The van der Waals surface area contributed by atoms with Crippen LogP contribution in [0.5, 0.6) is 5.75 Å². The van der Waals surface area contributed by atoms with Crippen LogP contribution in [-0.2, 0) is 0 Å². The van der Waals surface area contributed by atoms with Crippen LogP contribution in [0.4, 0.5) is 5.82 Å². The van der Waals surface area contributed by atoms with Crippen LogP contribution in [0.2, 0.25) is 0 Å². The Morgan fingerprint density at radius 2 is 1.93 bits per heavy atom. The number of thiophene rings is 1. The predicted molar refractivity (Wildman–Crippen MR) is 111 cm³/mol. The van der Waals surface area contributed by atoms with Gasteiger partial charge in [0.15, 0.2) is 0 Å². The molecule has 0 saturated carbocycles. The van der Waals surface area contributed by atoms with Crippen LogP contribution in [0.1, 0.15) is 11.6 Å². The summed E-state index contributed by atoms with van der Waals surface area (Å²) in [6.45, 7) is 0.601. The minimum absolute atomic E-state index is 0.0959. The van der Waals surface area contributed by atoms with E-state index in [9.17, 15) is 0 Å². The third-order valence-corrected chi connectivity index (χ3v) is 5.51. The highest BCUT2D eigenvalue weighted by Crippen LogP contribution is 2.34. The van der Waals surface area contributed by atoms with Gasteiger partial charge in [-0.05, 0) is 35.2 Å². The van der Waals surface area contributed by atoms with E-state index in [1.807, 2.05) is 48.5 Å². The molecule has 0 spiro atoms. The number of anilines is 1. The fourth-order valence-corrected chi connectivity index (χ4v) is 3.91. The van der Waals surface area contributed by atoms with Crippen LogP contribution in [0.25, 0.3) is 20.7 Å². The van der Waals surface area contributed by atoms with Gasteiger partial charge in [0.05, 0.1) is 17.7 Å². The smallest absolute Gasteiger partial charge is 0.130 e. The van der Waals surface area contributed by atoms with Gasteiger partial charge < -0.3 is 15.8 Å². The number of benzene rings is 2. The molecule has 0 radical (unpaired) electrons. The molecule has 6 heteroatoms. The molecule has 0 aliphatic rings. The first-order valence-corrected chi connectivity index (χ1v) is 9.49. The van der Waals surface area contributed by atoms with Gasteiger partial charge in [-0.15, -0.1) is 11.3 Å². The summed E-state index contributed by atoms with van der Waals surface area (Å²) in [5.41, 5.74) is 8.24. The molecule has 0 aliphatic carbocycles. The number of rotatable bonds is 6. The third kappa shape index (κ3) is 3.92. The minimum atomic E-state index is -0.0959. The summed E-state index contributed by atoms with van der Waals surface area (Å²) >= 11 is 1.70. The molecule has 0 unspecified atom stereocenters. The summed E-state index contributed by atoms with van der Waals surface area (Å²) in [6, 6.07) is 20.1. The van der Waals surface area contributed by atoms with Crippen molar-refractivity contribution in [2.24, 2.45) is 5.73 Å². The largest absolute Gasteiger partial charge is 0.497 e. The normalized spacial score (nSPS) is 12.1. The Morgan fingerprint density at radius 1 is 1.07 bits per heavy atom. The van der Waals surface area contributed by atoms with Crippen LogP contribution >= 0.6 is 11.3 Å². The summed E-state index contributed by atoms with van der Waals surface area (Å²) in [5, 5.41) is 4.46. The van der Waals surface area contributed by atoms with E-state index in [0.29, 0.717) is 6.54 Å². The Kier molecular flexibility index (Phi) is 5.00. The molecule has 0 saturated heterocycles. The van der Waals surface area contributed by atoms with Gasteiger partial charge in [0.2, 0.25) is 0 Å². The number of nitrogens with zero attached hydrogens (tertiary/aromatic N) is 2. The molecule has 0 bridgehead atoms. The molecule has 0 amide bonds. The topological polar surface area (TPSA) is 73.1 Å². The quantitative estimate of drug-likeness (QED) is 0.519. The van der Waals surface area contributed by atoms with Gasteiger partial charge in [-0.25, -0.2) is 9.97 Å². The predicted octanol–water partition coefficient (Wildman–Crippen LogP) is 4.48. The van der Waals surface area contributed by atoms with Gasteiger partial charge >= 0.3 is 0 Å². The van der Waals surface area contributed by atoms with Crippen LogP contribution < -0.4 is 15.8 Å². The van der Waals surface area contributed by atoms with Crippen molar-refractivity contribution in [2.75, 3.05) is 19.0 Å². The second kappa shape index (κ2) is 7.73. The second-order valence-electron chi connectivity index (χ2n) is 6.20. The van der Waals surface area contributed by atoms with E-state index in [0.717, 1.165) is 33.1 Å². The molecule has 0 fully saturated rings. The fourth-order valence-electron chi connectivity index (χ4n) is 2.90. The Morgan fingerprint density at radius 3 is 2.74 bits per heavy atom. The van der Waals surface area contributed by atoms with Gasteiger partial charge in [0, 0.05) is 23.4 Å². The van der Waals surface area contributed by atoms with E-state index >= 15 is 0 Å². The van der Waals surface area contributed by atoms with Crippen molar-refractivity contribution in [1.29, 1.82) is 0 Å². The second-order valence-corrected chi connectivity index (χ2v) is 7.28. The molecule has 136 valence electrons. The van der Waals surface area contributed by atoms with E-state index in [2.05, 4.69) is 27.4 Å². The first-order chi connectivity index (χ1) is 13.2. The van der Waals surface area contributed by atoms with Crippen molar-refractivity contribution in [3.05, 3.63) is 72.6 Å². The zero-order valence-corrected chi connectivity index (χ0v) is 15.7. The highest BCUT2D eigenvalue weighted by molar-refractivity contribution is 7.22. The van der Waals surface area contributed by atoms with Crippen LogP contribution in [0, 0.1) is 0 Å². The summed E-state index contributed by atoms with van der Waals surface area (Å²) in [5.74, 6) is 1.62. The first-order valence-electron chi connectivity index (χ1n) is 8.67. The SMILES string of the molecule is COc1ccc2sc(-c3cc(NC[C@H](N)c4ccccc4)ncn3)cc2c1. The van der Waals surface area contributed by atoms with E-state index in [4.69, 9.17) is 10.5 Å². The van der Waals surface area contributed by atoms with Crippen molar-refractivity contribution in [3.8, 4) is 16.3 Å². The Labute approximate surface area is 161 Å². The molecule has 2 heterocycles. The first kappa shape index (κ1) is 17.5. The summed E-state index contributed by atoms with van der Waals surface area (Å²) < 4.78 is 6.50. The monoisotopic (exact) mass is 376 g/mol. The molecule has 1 atom stereocenters. The summed E-state index contributed by atoms with van der Waals surface area (Å²) in [4.78, 5) is 9.84. The number of nitrogens with two attached hydrogens (primary N) is 1. The van der Waals surface area contributed by atoms with Gasteiger partial charge in [0.25, 0.3) is 0 Å². The Balaban J connectivity index is 1.52. The molecule has 0 aliphatic heterocycles. The number of hydrogen-bond acceptors (Lipinski definition) is 6. The number of fused-ring (bicyclic) bond motifs is 1. The van der Waals surface area contributed by atoms with E-state index < -0.39 is 0 Å². The maximum atomic E-state index is 6.25. The number of nitrogens with one attached hydrogen (secondary N) is 1. The van der Waals surface area contributed by atoms with Crippen LogP contribution in [-0.4, -0.2) is 23.6 Å². The highest BCUT2D eigenvalue weighted by atomic mass is 32.1. The summed E-state index contributed by atoms with van der Waals surface area (Å²) in [6.07, 6.45) is 1.58. The van der Waals surface area contributed by atoms with Gasteiger partial charge in [0.1, 0.15) is 17.9 Å². The average molecular weight is 376 g/mol. The van der Waals surface area contributed by atoms with Gasteiger partial charge in [-0.2, -0.15) is 0 Å². The lowest BCUT2D eigenvalue weighted by atomic mass is 10.1. The van der Waals surface area contributed by atoms with E-state index in [1.165, 1.54) is 4.70 Å². The van der Waals surface area contributed by atoms with Gasteiger partial charge in [-0.1, -0.05) is 30.3 Å². The number of aromatic nitrogens is 2. The fraction of sp³-hybridized carbons (Fsp3) is 0.143. The molecule has 2 aromatic heterocycles.